The van der Waals surface area contributed by atoms with E-state index >= 15 is 0 Å². The Balaban J connectivity index is 2.37. The van der Waals surface area contributed by atoms with Crippen molar-refractivity contribution < 1.29 is 23.0 Å². The van der Waals surface area contributed by atoms with E-state index in [0.29, 0.717) is 30.5 Å². The molecule has 0 aliphatic rings. The highest BCUT2D eigenvalue weighted by Gasteiger charge is 2.20. The number of amides is 1. The number of benzene rings is 1. The number of fused-ring (bicyclic) bond motifs is 1. The van der Waals surface area contributed by atoms with Crippen LogP contribution < -0.4 is 5.56 Å². The Morgan fingerprint density at radius 3 is 2.64 bits per heavy atom. The van der Waals surface area contributed by atoms with Gasteiger partial charge in [0.25, 0.3) is 17.9 Å². The Morgan fingerprint density at radius 2 is 2.00 bits per heavy atom. The van der Waals surface area contributed by atoms with Crippen molar-refractivity contribution in [1.29, 1.82) is 0 Å². The van der Waals surface area contributed by atoms with Crippen molar-refractivity contribution in [2.45, 2.75) is 19.4 Å². The Bertz CT molecular complexity index is 929. The van der Waals surface area contributed by atoms with Crippen molar-refractivity contribution in [2.24, 2.45) is 0 Å². The molecule has 0 atom stereocenters. The third-order valence-electron chi connectivity index (χ3n) is 4.17. The van der Waals surface area contributed by atoms with Crippen LogP contribution in [0.3, 0.4) is 0 Å². The van der Waals surface area contributed by atoms with Gasteiger partial charge < -0.3 is 19.4 Å². The summed E-state index contributed by atoms with van der Waals surface area (Å²) in [6.45, 7) is 0.374. The number of methoxy groups -OCH3 is 2. The number of ether oxygens (including phenoxy) is 2. The second-order valence-corrected chi connectivity index (χ2v) is 6.52. The van der Waals surface area contributed by atoms with Crippen molar-refractivity contribution >= 4 is 29.0 Å². The molecule has 0 saturated carbocycles. The zero-order chi connectivity index (χ0) is 20.7. The molecular formula is C18H23F2N3O4S. The second kappa shape index (κ2) is 10.4. The number of rotatable bonds is 10. The van der Waals surface area contributed by atoms with Crippen molar-refractivity contribution in [2.75, 3.05) is 40.5 Å². The van der Waals surface area contributed by atoms with Gasteiger partial charge in [-0.2, -0.15) is 0 Å². The first-order valence-electron chi connectivity index (χ1n) is 8.71. The molecule has 10 heteroatoms. The Morgan fingerprint density at radius 1 is 1.29 bits per heavy atom. The van der Waals surface area contributed by atoms with E-state index in [4.69, 9.17) is 21.7 Å². The molecule has 0 fully saturated rings. The molecule has 1 N–H and O–H groups in total. The lowest BCUT2D eigenvalue weighted by Crippen LogP contribution is -2.37. The van der Waals surface area contributed by atoms with Gasteiger partial charge in [-0.15, -0.1) is 0 Å². The number of hydrogen-bond donors (Lipinski definition) is 1. The zero-order valence-corrected chi connectivity index (χ0v) is 16.6. The molecular weight excluding hydrogens is 392 g/mol. The van der Waals surface area contributed by atoms with E-state index in [1.165, 1.54) is 29.9 Å². The topological polar surface area (TPSA) is 76.6 Å². The maximum atomic E-state index is 12.8. The van der Waals surface area contributed by atoms with Crippen LogP contribution in [0.5, 0.6) is 0 Å². The van der Waals surface area contributed by atoms with Crippen LogP contribution in [0.15, 0.2) is 23.0 Å². The summed E-state index contributed by atoms with van der Waals surface area (Å²) in [6, 6.07) is 4.41. The second-order valence-electron chi connectivity index (χ2n) is 6.13. The molecule has 2 rings (SSSR count). The Kier molecular flexibility index (Phi) is 8.21. The molecule has 0 bridgehead atoms. The van der Waals surface area contributed by atoms with Gasteiger partial charge in [0, 0.05) is 39.5 Å². The van der Waals surface area contributed by atoms with E-state index in [-0.39, 0.29) is 29.0 Å². The third-order valence-corrected chi connectivity index (χ3v) is 4.49. The number of aromatic nitrogens is 2. The molecule has 1 heterocycles. The number of H-pyrrole nitrogens is 1. The summed E-state index contributed by atoms with van der Waals surface area (Å²) in [5, 5.41) is 0.361. The first-order valence-corrected chi connectivity index (χ1v) is 9.12. The van der Waals surface area contributed by atoms with Crippen LogP contribution >= 0.6 is 12.2 Å². The average Bonchev–Trinajstić information content (AvgIpc) is 2.66. The Hall–Kier alpha value is -2.17. The standard InChI is InChI=1S/C18H23F2N3O4S/c1-26-8-3-6-23-17(25)13-5-4-12(10-14(13)21-18(23)28)16(24)22(7-9-27-2)11-15(19)20/h4-5,10,15H,3,6-9,11H2,1-2H3,(H,21,28). The molecule has 7 nitrogen and oxygen atoms in total. The predicted molar refractivity (Wildman–Crippen MR) is 104 cm³/mol. The van der Waals surface area contributed by atoms with Crippen molar-refractivity contribution in [3.05, 3.63) is 38.9 Å². The number of carbonyl (C=O) groups is 1. The minimum absolute atomic E-state index is 0.0365. The molecule has 154 valence electrons. The summed E-state index contributed by atoms with van der Waals surface area (Å²) >= 11 is 5.25. The quantitative estimate of drug-likeness (QED) is 0.477. The van der Waals surface area contributed by atoms with Crippen LogP contribution in [0.25, 0.3) is 10.9 Å². The molecule has 1 aromatic heterocycles. The molecule has 0 aliphatic heterocycles. The largest absolute Gasteiger partial charge is 0.385 e. The van der Waals surface area contributed by atoms with E-state index in [1.807, 2.05) is 0 Å². The highest BCUT2D eigenvalue weighted by atomic mass is 32.1. The summed E-state index contributed by atoms with van der Waals surface area (Å²) in [4.78, 5) is 29.3. The van der Waals surface area contributed by atoms with Crippen molar-refractivity contribution in [3.8, 4) is 0 Å². The lowest BCUT2D eigenvalue weighted by Gasteiger charge is -2.22. The summed E-state index contributed by atoms with van der Waals surface area (Å²) in [5.74, 6) is -0.567. The summed E-state index contributed by atoms with van der Waals surface area (Å²) in [7, 11) is 3.01. The molecule has 0 spiro atoms. The van der Waals surface area contributed by atoms with Gasteiger partial charge in [-0.1, -0.05) is 0 Å². The molecule has 1 amide bonds. The lowest BCUT2D eigenvalue weighted by molar-refractivity contribution is 0.0478. The van der Waals surface area contributed by atoms with E-state index in [1.54, 1.807) is 7.11 Å². The van der Waals surface area contributed by atoms with Crippen LogP contribution in [0.1, 0.15) is 16.8 Å². The van der Waals surface area contributed by atoms with Crippen LogP contribution in [0.2, 0.25) is 0 Å². The number of nitrogens with zero attached hydrogens (tertiary/aromatic N) is 2. The fraction of sp³-hybridized carbons (Fsp3) is 0.500. The van der Waals surface area contributed by atoms with Gasteiger partial charge >= 0.3 is 0 Å². The van der Waals surface area contributed by atoms with Gasteiger partial charge in [-0.05, 0) is 36.8 Å². The summed E-state index contributed by atoms with van der Waals surface area (Å²) in [6.07, 6.45) is -2.04. The number of alkyl halides is 2. The van der Waals surface area contributed by atoms with Crippen LogP contribution in [-0.2, 0) is 16.0 Å². The van der Waals surface area contributed by atoms with E-state index in [0.717, 1.165) is 4.90 Å². The van der Waals surface area contributed by atoms with Gasteiger partial charge in [0.05, 0.1) is 24.1 Å². The third kappa shape index (κ3) is 5.43. The average molecular weight is 415 g/mol. The van der Waals surface area contributed by atoms with E-state index in [2.05, 4.69) is 4.98 Å². The monoisotopic (exact) mass is 415 g/mol. The maximum Gasteiger partial charge on any atom is 0.262 e. The smallest absolute Gasteiger partial charge is 0.262 e. The van der Waals surface area contributed by atoms with Gasteiger partial charge in [0.15, 0.2) is 4.77 Å². The Labute approximate surface area is 165 Å². The minimum Gasteiger partial charge on any atom is -0.385 e. The van der Waals surface area contributed by atoms with Gasteiger partial charge in [0.1, 0.15) is 0 Å². The van der Waals surface area contributed by atoms with Crippen molar-refractivity contribution in [3.63, 3.8) is 0 Å². The normalized spacial score (nSPS) is 11.3. The fourth-order valence-corrected chi connectivity index (χ4v) is 3.07. The number of carbonyl (C=O) groups excluding carboxylic acids is 1. The molecule has 0 radical (unpaired) electrons. The van der Waals surface area contributed by atoms with Crippen LogP contribution in [0.4, 0.5) is 8.78 Å². The SMILES string of the molecule is COCCCn1c(=S)[nH]c2cc(C(=O)N(CCOC)CC(F)F)ccc2c1=O. The maximum absolute atomic E-state index is 12.8. The van der Waals surface area contributed by atoms with E-state index in [9.17, 15) is 18.4 Å². The summed E-state index contributed by atoms with van der Waals surface area (Å²) in [5.41, 5.74) is 0.289. The van der Waals surface area contributed by atoms with E-state index < -0.39 is 18.9 Å². The first-order chi connectivity index (χ1) is 13.4. The number of halogens is 2. The highest BCUT2D eigenvalue weighted by Crippen LogP contribution is 2.14. The minimum atomic E-state index is -2.66. The van der Waals surface area contributed by atoms with Crippen LogP contribution in [0, 0.1) is 4.77 Å². The highest BCUT2D eigenvalue weighted by molar-refractivity contribution is 7.71. The van der Waals surface area contributed by atoms with Gasteiger partial charge in [-0.3, -0.25) is 14.2 Å². The molecule has 0 saturated heterocycles. The lowest BCUT2D eigenvalue weighted by atomic mass is 10.1. The van der Waals surface area contributed by atoms with Crippen molar-refractivity contribution in [1.82, 2.24) is 14.5 Å². The first kappa shape index (κ1) is 22.1. The molecule has 0 aliphatic carbocycles. The van der Waals surface area contributed by atoms with Gasteiger partial charge in [-0.25, -0.2) is 8.78 Å². The molecule has 0 unspecified atom stereocenters. The number of hydrogen-bond acceptors (Lipinski definition) is 5. The zero-order valence-electron chi connectivity index (χ0n) is 15.7. The van der Waals surface area contributed by atoms with Gasteiger partial charge in [0.2, 0.25) is 0 Å². The fourth-order valence-electron chi connectivity index (χ4n) is 2.78. The molecule has 2 aromatic rings. The number of nitrogens with one attached hydrogen (secondary N) is 1. The predicted octanol–water partition coefficient (Wildman–Crippen LogP) is 2.45. The summed E-state index contributed by atoms with van der Waals surface area (Å²) < 4.78 is 37.1. The van der Waals surface area contributed by atoms with Crippen LogP contribution in [-0.4, -0.2) is 67.3 Å². The number of aromatic amines is 1. The molecule has 1 aromatic carbocycles. The molecule has 28 heavy (non-hydrogen) atoms.